The van der Waals surface area contributed by atoms with Gasteiger partial charge in [0.15, 0.2) is 23.3 Å². The van der Waals surface area contributed by atoms with Gasteiger partial charge in [0, 0.05) is 5.56 Å². The lowest BCUT2D eigenvalue weighted by Gasteiger charge is -2.09. The molecule has 2 aromatic carbocycles. The molecule has 116 valence electrons. The lowest BCUT2D eigenvalue weighted by atomic mass is 10.0. The zero-order valence-electron chi connectivity index (χ0n) is 12.9. The van der Waals surface area contributed by atoms with Crippen molar-refractivity contribution < 1.29 is 17.6 Å². The molecule has 0 aromatic heterocycles. The van der Waals surface area contributed by atoms with Crippen LogP contribution < -0.4 is 0 Å². The normalized spacial score (nSPS) is 9.19. The number of hydrogen-bond acceptors (Lipinski definition) is 0. The summed E-state index contributed by atoms with van der Waals surface area (Å²) in [5, 5.41) is 0. The van der Waals surface area contributed by atoms with Gasteiger partial charge in [-0.3, -0.25) is 0 Å². The summed E-state index contributed by atoms with van der Waals surface area (Å²) >= 11 is 0. The van der Waals surface area contributed by atoms with Gasteiger partial charge in [0.1, 0.15) is 0 Å². The highest BCUT2D eigenvalue weighted by Gasteiger charge is 2.23. The molecule has 0 nitrogen and oxygen atoms in total. The summed E-state index contributed by atoms with van der Waals surface area (Å²) in [5.41, 5.74) is -1.23. The monoisotopic (exact) mass is 300 g/mol. The number of rotatable bonds is 1. The molecule has 0 saturated carbocycles. The summed E-state index contributed by atoms with van der Waals surface area (Å²) in [6.45, 7) is 8.99. The summed E-state index contributed by atoms with van der Waals surface area (Å²) in [4.78, 5) is 0. The van der Waals surface area contributed by atoms with Gasteiger partial charge in [-0.05, 0) is 12.5 Å². The molecule has 0 amide bonds. The Hall–Kier alpha value is -1.84. The molecule has 0 N–H and O–H groups in total. The van der Waals surface area contributed by atoms with Crippen LogP contribution in [0.25, 0.3) is 11.1 Å². The maximum Gasteiger partial charge on any atom is 0.170 e. The predicted molar refractivity (Wildman–Crippen MR) is 79.1 cm³/mol. The van der Waals surface area contributed by atoms with Crippen molar-refractivity contribution in [2.24, 2.45) is 0 Å². The van der Waals surface area contributed by atoms with Crippen LogP contribution in [-0.2, 0) is 0 Å². The standard InChI is InChI=1S/C13H8F4.2C2H6/c1-7-10(14)12(16)9(13(17)11(7)15)8-5-3-2-4-6-8;2*1-2/h2-6H,1H3;2*1-2H3. The Morgan fingerprint density at radius 3 is 1.38 bits per heavy atom. The van der Waals surface area contributed by atoms with Gasteiger partial charge in [-0.1, -0.05) is 58.0 Å². The molecule has 21 heavy (non-hydrogen) atoms. The predicted octanol–water partition coefficient (Wildman–Crippen LogP) is 6.27. The van der Waals surface area contributed by atoms with Crippen LogP contribution in [0.2, 0.25) is 0 Å². The van der Waals surface area contributed by atoms with Crippen molar-refractivity contribution in [2.75, 3.05) is 0 Å². The second-order valence-corrected chi connectivity index (χ2v) is 3.62. The van der Waals surface area contributed by atoms with Gasteiger partial charge in [-0.25, -0.2) is 17.6 Å². The van der Waals surface area contributed by atoms with Crippen LogP contribution in [0.1, 0.15) is 33.3 Å². The highest BCUT2D eigenvalue weighted by atomic mass is 19.2. The average Bonchev–Trinajstić information content (AvgIpc) is 2.56. The van der Waals surface area contributed by atoms with Crippen molar-refractivity contribution in [3.63, 3.8) is 0 Å². The summed E-state index contributed by atoms with van der Waals surface area (Å²) in [6, 6.07) is 7.47. The molecule has 0 bridgehead atoms. The van der Waals surface area contributed by atoms with Crippen LogP contribution in [0.4, 0.5) is 17.6 Å². The van der Waals surface area contributed by atoms with Gasteiger partial charge in [0.25, 0.3) is 0 Å². The van der Waals surface area contributed by atoms with Crippen molar-refractivity contribution in [3.05, 3.63) is 59.2 Å². The number of halogens is 4. The third kappa shape index (κ3) is 4.06. The molecular weight excluding hydrogens is 280 g/mol. The van der Waals surface area contributed by atoms with Crippen molar-refractivity contribution in [2.45, 2.75) is 34.6 Å². The van der Waals surface area contributed by atoms with Crippen molar-refractivity contribution >= 4 is 0 Å². The Balaban J connectivity index is 0.000000921. The van der Waals surface area contributed by atoms with Crippen LogP contribution >= 0.6 is 0 Å². The van der Waals surface area contributed by atoms with Gasteiger partial charge in [0.2, 0.25) is 0 Å². The van der Waals surface area contributed by atoms with Gasteiger partial charge in [0.05, 0.1) is 5.56 Å². The Bertz CT molecular complexity index is 534. The van der Waals surface area contributed by atoms with E-state index >= 15 is 0 Å². The topological polar surface area (TPSA) is 0 Å². The highest BCUT2D eigenvalue weighted by molar-refractivity contribution is 5.65. The third-order valence-corrected chi connectivity index (χ3v) is 2.55. The van der Waals surface area contributed by atoms with Crippen LogP contribution in [0, 0.1) is 30.2 Å². The Morgan fingerprint density at radius 2 is 1.00 bits per heavy atom. The SMILES string of the molecule is CC.CC.Cc1c(F)c(F)c(-c2ccccc2)c(F)c1F. The fraction of sp³-hybridized carbons (Fsp3) is 0.294. The smallest absolute Gasteiger partial charge is 0.170 e. The van der Waals surface area contributed by atoms with Crippen molar-refractivity contribution in [3.8, 4) is 11.1 Å². The maximum absolute atomic E-state index is 13.6. The van der Waals surface area contributed by atoms with E-state index < -0.39 is 34.4 Å². The molecule has 0 unspecified atom stereocenters. The first-order valence-electron chi connectivity index (χ1n) is 6.92. The van der Waals surface area contributed by atoms with E-state index in [4.69, 9.17) is 0 Å². The van der Waals surface area contributed by atoms with Gasteiger partial charge < -0.3 is 0 Å². The summed E-state index contributed by atoms with van der Waals surface area (Å²) in [6.07, 6.45) is 0. The minimum atomic E-state index is -1.37. The van der Waals surface area contributed by atoms with Gasteiger partial charge in [-0.15, -0.1) is 0 Å². The molecule has 0 fully saturated rings. The van der Waals surface area contributed by atoms with E-state index in [0.717, 1.165) is 6.92 Å². The second kappa shape index (κ2) is 9.16. The number of benzene rings is 2. The lowest BCUT2D eigenvalue weighted by Crippen LogP contribution is -2.02. The zero-order valence-corrected chi connectivity index (χ0v) is 12.9. The Morgan fingerprint density at radius 1 is 0.619 bits per heavy atom. The van der Waals surface area contributed by atoms with Crippen LogP contribution in [-0.4, -0.2) is 0 Å². The lowest BCUT2D eigenvalue weighted by molar-refractivity contribution is 0.449. The molecule has 0 radical (unpaired) electrons. The average molecular weight is 300 g/mol. The van der Waals surface area contributed by atoms with Crippen molar-refractivity contribution in [1.29, 1.82) is 0 Å². The van der Waals surface area contributed by atoms with Crippen LogP contribution in [0.3, 0.4) is 0 Å². The highest BCUT2D eigenvalue weighted by Crippen LogP contribution is 2.31. The molecule has 0 spiro atoms. The minimum absolute atomic E-state index is 0.0975. The molecule has 0 aliphatic heterocycles. The molecule has 2 aromatic rings. The zero-order chi connectivity index (χ0) is 16.6. The molecule has 0 atom stereocenters. The second-order valence-electron chi connectivity index (χ2n) is 3.62. The molecular formula is C17H20F4. The fourth-order valence-corrected chi connectivity index (χ4v) is 1.60. The fourth-order valence-electron chi connectivity index (χ4n) is 1.60. The quantitative estimate of drug-likeness (QED) is 0.430. The summed E-state index contributed by atoms with van der Waals surface area (Å²) < 4.78 is 53.9. The van der Waals surface area contributed by atoms with Gasteiger partial charge >= 0.3 is 0 Å². The molecule has 0 aliphatic carbocycles. The maximum atomic E-state index is 13.6. The molecule has 2 rings (SSSR count). The van der Waals surface area contributed by atoms with E-state index in [1.807, 2.05) is 27.7 Å². The molecule has 4 heteroatoms. The molecule has 0 heterocycles. The Labute approximate surface area is 123 Å². The van der Waals surface area contributed by atoms with Crippen LogP contribution in [0.15, 0.2) is 30.3 Å². The summed E-state index contributed by atoms with van der Waals surface area (Å²) in [5.74, 6) is -5.45. The van der Waals surface area contributed by atoms with E-state index in [1.165, 1.54) is 24.3 Å². The minimum Gasteiger partial charge on any atom is -0.203 e. The van der Waals surface area contributed by atoms with Crippen LogP contribution in [0.5, 0.6) is 0 Å². The molecule has 0 aliphatic rings. The number of hydrogen-bond donors (Lipinski definition) is 0. The Kier molecular flexibility index (Phi) is 8.36. The first-order valence-corrected chi connectivity index (χ1v) is 6.92. The van der Waals surface area contributed by atoms with E-state index in [0.29, 0.717) is 0 Å². The molecule has 0 saturated heterocycles. The first-order chi connectivity index (χ1) is 10.0. The summed E-state index contributed by atoms with van der Waals surface area (Å²) in [7, 11) is 0. The third-order valence-electron chi connectivity index (χ3n) is 2.55. The van der Waals surface area contributed by atoms with E-state index in [1.54, 1.807) is 6.07 Å². The van der Waals surface area contributed by atoms with E-state index in [9.17, 15) is 17.6 Å². The van der Waals surface area contributed by atoms with E-state index in [-0.39, 0.29) is 5.56 Å². The van der Waals surface area contributed by atoms with Gasteiger partial charge in [-0.2, -0.15) is 0 Å². The van der Waals surface area contributed by atoms with Crippen molar-refractivity contribution in [1.82, 2.24) is 0 Å². The van der Waals surface area contributed by atoms with E-state index in [2.05, 4.69) is 0 Å². The first kappa shape index (κ1) is 19.2. The largest absolute Gasteiger partial charge is 0.203 e.